The molecule has 9 nitrogen and oxygen atoms in total. The average molecular weight is 369 g/mol. The van der Waals surface area contributed by atoms with E-state index in [0.717, 1.165) is 0 Å². The number of nitriles is 1. The van der Waals surface area contributed by atoms with Crippen molar-refractivity contribution in [1.29, 1.82) is 5.26 Å². The van der Waals surface area contributed by atoms with Gasteiger partial charge in [0.25, 0.3) is 11.1 Å². The van der Waals surface area contributed by atoms with E-state index in [9.17, 15) is 9.59 Å². The Morgan fingerprint density at radius 2 is 1.63 bits per heavy atom. The van der Waals surface area contributed by atoms with Crippen LogP contribution in [0.1, 0.15) is 34.0 Å². The van der Waals surface area contributed by atoms with E-state index in [1.165, 1.54) is 7.11 Å². The summed E-state index contributed by atoms with van der Waals surface area (Å²) in [6.07, 6.45) is 0. The number of aryl methyl sites for hydroxylation is 2. The summed E-state index contributed by atoms with van der Waals surface area (Å²) in [4.78, 5) is 25.0. The number of nitrogens with zero attached hydrogens (tertiary/aromatic N) is 1. The van der Waals surface area contributed by atoms with Crippen LogP contribution < -0.4 is 20.6 Å². The molecular weight excluding hydrogens is 350 g/mol. The molecule has 4 N–H and O–H groups in total. The van der Waals surface area contributed by atoms with Gasteiger partial charge in [-0.2, -0.15) is 5.26 Å². The summed E-state index contributed by atoms with van der Waals surface area (Å²) in [6, 6.07) is 7.10. The normalized spacial score (nSPS) is 10.8. The molecule has 0 spiro atoms. The van der Waals surface area contributed by atoms with Crippen LogP contribution >= 0.6 is 0 Å². The number of methoxy groups -OCH3 is 1. The van der Waals surface area contributed by atoms with Gasteiger partial charge in [-0.15, -0.1) is 0 Å². The van der Waals surface area contributed by atoms with Gasteiger partial charge in [0, 0.05) is 17.0 Å². The summed E-state index contributed by atoms with van der Waals surface area (Å²) in [5, 5.41) is 19.6. The van der Waals surface area contributed by atoms with Crippen LogP contribution in [0.4, 0.5) is 0 Å². The largest absolute Gasteiger partial charge is 0.493 e. The Bertz CT molecular complexity index is 1060. The topological polar surface area (TPSA) is 140 Å². The molecule has 0 amide bonds. The lowest BCUT2D eigenvalue weighted by atomic mass is 9.84. The van der Waals surface area contributed by atoms with Gasteiger partial charge in [-0.3, -0.25) is 19.8 Å². The average Bonchev–Trinajstić information content (AvgIpc) is 3.17. The van der Waals surface area contributed by atoms with Gasteiger partial charge >= 0.3 is 0 Å². The van der Waals surface area contributed by atoms with Crippen molar-refractivity contribution in [1.82, 2.24) is 20.4 Å². The second kappa shape index (κ2) is 7.29. The zero-order valence-electron chi connectivity index (χ0n) is 15.1. The molecule has 0 radical (unpaired) electrons. The maximum atomic E-state index is 12.5. The highest BCUT2D eigenvalue weighted by molar-refractivity contribution is 5.55. The summed E-state index contributed by atoms with van der Waals surface area (Å²) in [5.41, 5.74) is 1.83. The Balaban J connectivity index is 2.35. The molecule has 140 valence electrons. The molecule has 0 atom stereocenters. The van der Waals surface area contributed by atoms with Crippen LogP contribution in [0, 0.1) is 25.2 Å². The molecule has 9 heteroatoms. The maximum absolute atomic E-state index is 12.5. The lowest BCUT2D eigenvalue weighted by Crippen LogP contribution is -2.21. The number of nitrogens with one attached hydrogen (secondary N) is 4. The van der Waals surface area contributed by atoms with E-state index in [1.54, 1.807) is 32.0 Å². The van der Waals surface area contributed by atoms with E-state index >= 15 is 0 Å². The summed E-state index contributed by atoms with van der Waals surface area (Å²) < 4.78 is 11.0. The highest BCUT2D eigenvalue weighted by atomic mass is 16.5. The lowest BCUT2D eigenvalue weighted by molar-refractivity contribution is 0.326. The van der Waals surface area contributed by atoms with Crippen molar-refractivity contribution < 1.29 is 9.47 Å². The number of benzene rings is 1. The first-order valence-electron chi connectivity index (χ1n) is 8.20. The van der Waals surface area contributed by atoms with Crippen molar-refractivity contribution in [2.45, 2.75) is 19.8 Å². The first kappa shape index (κ1) is 18.1. The van der Waals surface area contributed by atoms with E-state index in [0.29, 0.717) is 39.6 Å². The minimum atomic E-state index is -0.723. The minimum Gasteiger partial charge on any atom is -0.493 e. The van der Waals surface area contributed by atoms with E-state index in [4.69, 9.17) is 14.7 Å². The Kier molecular flexibility index (Phi) is 4.90. The Morgan fingerprint density at radius 3 is 2.07 bits per heavy atom. The Hall–Kier alpha value is -3.67. The van der Waals surface area contributed by atoms with Gasteiger partial charge in [0.15, 0.2) is 18.1 Å². The van der Waals surface area contributed by atoms with Gasteiger partial charge in [-0.05, 0) is 19.9 Å². The van der Waals surface area contributed by atoms with Crippen LogP contribution in [-0.2, 0) is 0 Å². The van der Waals surface area contributed by atoms with Crippen molar-refractivity contribution in [2.75, 3.05) is 13.7 Å². The van der Waals surface area contributed by atoms with Crippen molar-refractivity contribution in [3.05, 3.63) is 67.0 Å². The Labute approximate surface area is 153 Å². The van der Waals surface area contributed by atoms with Crippen molar-refractivity contribution in [2.24, 2.45) is 0 Å². The van der Waals surface area contributed by atoms with Crippen LogP contribution in [0.25, 0.3) is 0 Å². The number of aromatic nitrogens is 4. The third-order valence-corrected chi connectivity index (χ3v) is 4.42. The van der Waals surface area contributed by atoms with E-state index in [-0.39, 0.29) is 17.7 Å². The molecule has 0 aliphatic carbocycles. The van der Waals surface area contributed by atoms with Gasteiger partial charge in [-0.1, -0.05) is 12.1 Å². The van der Waals surface area contributed by atoms with Gasteiger partial charge in [-0.25, -0.2) is 0 Å². The highest BCUT2D eigenvalue weighted by Gasteiger charge is 2.31. The molecule has 27 heavy (non-hydrogen) atoms. The molecule has 3 aromatic rings. The van der Waals surface area contributed by atoms with Gasteiger partial charge in [0.2, 0.25) is 0 Å². The summed E-state index contributed by atoms with van der Waals surface area (Å²) in [5.74, 6) is -0.00710. The third kappa shape index (κ3) is 3.13. The molecule has 0 saturated carbocycles. The van der Waals surface area contributed by atoms with Crippen LogP contribution in [0.2, 0.25) is 0 Å². The molecule has 0 aliphatic heterocycles. The summed E-state index contributed by atoms with van der Waals surface area (Å²) in [6.45, 7) is 3.28. The molecule has 2 aromatic heterocycles. The number of H-pyrrole nitrogens is 4. The molecule has 1 aromatic carbocycles. The predicted molar refractivity (Wildman–Crippen MR) is 97.3 cm³/mol. The number of aromatic amines is 4. The maximum Gasteiger partial charge on any atom is 0.268 e. The number of ether oxygens (including phenoxy) is 2. The van der Waals surface area contributed by atoms with Crippen molar-refractivity contribution in [3.63, 3.8) is 0 Å². The number of hydrogen-bond acceptors (Lipinski definition) is 5. The standard InChI is InChI=1S/C18H19N5O4/c1-9-13(17(24)22-20-9)15(14-10(2)21-23-18(14)25)11-5-4-6-12(26-3)16(11)27-8-7-19/h4-6,15H,8H2,1-3H3,(H2,20,22,24)(H2,21,23,25). The first-order valence-corrected chi connectivity index (χ1v) is 8.20. The zero-order chi connectivity index (χ0) is 19.6. The highest BCUT2D eigenvalue weighted by Crippen LogP contribution is 2.41. The van der Waals surface area contributed by atoms with Gasteiger partial charge in [0.05, 0.1) is 24.2 Å². The van der Waals surface area contributed by atoms with E-state index in [2.05, 4.69) is 20.4 Å². The van der Waals surface area contributed by atoms with Crippen molar-refractivity contribution >= 4 is 0 Å². The van der Waals surface area contributed by atoms with Gasteiger partial charge in [0.1, 0.15) is 6.07 Å². The predicted octanol–water partition coefficient (Wildman–Crippen LogP) is 1.43. The third-order valence-electron chi connectivity index (χ3n) is 4.42. The fourth-order valence-electron chi connectivity index (χ4n) is 3.24. The summed E-state index contributed by atoms with van der Waals surface area (Å²) >= 11 is 0. The fourth-order valence-corrected chi connectivity index (χ4v) is 3.24. The van der Waals surface area contributed by atoms with Crippen LogP contribution in [-0.4, -0.2) is 34.1 Å². The molecule has 0 fully saturated rings. The summed E-state index contributed by atoms with van der Waals surface area (Å²) in [7, 11) is 1.48. The molecule has 0 aliphatic rings. The first-order chi connectivity index (χ1) is 13.0. The second-order valence-corrected chi connectivity index (χ2v) is 5.99. The monoisotopic (exact) mass is 369 g/mol. The zero-order valence-corrected chi connectivity index (χ0v) is 15.1. The SMILES string of the molecule is COc1cccc(C(c2c(C)[nH][nH]c2=O)c2c(C)[nH][nH]c2=O)c1OCC#N. The molecular formula is C18H19N5O4. The smallest absolute Gasteiger partial charge is 0.268 e. The molecule has 0 saturated heterocycles. The van der Waals surface area contributed by atoms with Crippen LogP contribution in [0.15, 0.2) is 27.8 Å². The van der Waals surface area contributed by atoms with Crippen LogP contribution in [0.5, 0.6) is 11.5 Å². The number of para-hydroxylation sites is 1. The number of rotatable bonds is 6. The quantitative estimate of drug-likeness (QED) is 0.520. The molecule has 0 bridgehead atoms. The van der Waals surface area contributed by atoms with Crippen LogP contribution in [0.3, 0.4) is 0 Å². The second-order valence-electron chi connectivity index (χ2n) is 5.99. The fraction of sp³-hybridized carbons (Fsp3) is 0.278. The minimum absolute atomic E-state index is 0.203. The molecule has 0 unspecified atom stereocenters. The number of hydrogen-bond donors (Lipinski definition) is 4. The lowest BCUT2D eigenvalue weighted by Gasteiger charge is -2.20. The Morgan fingerprint density at radius 1 is 1.04 bits per heavy atom. The van der Waals surface area contributed by atoms with Gasteiger partial charge < -0.3 is 19.7 Å². The molecule has 3 rings (SSSR count). The van der Waals surface area contributed by atoms with E-state index in [1.807, 2.05) is 6.07 Å². The van der Waals surface area contributed by atoms with E-state index < -0.39 is 5.92 Å². The molecule has 2 heterocycles. The van der Waals surface area contributed by atoms with Crippen molar-refractivity contribution in [3.8, 4) is 17.6 Å².